The molecule has 0 radical (unpaired) electrons. The summed E-state index contributed by atoms with van der Waals surface area (Å²) >= 11 is 5.92. The normalized spacial score (nSPS) is 19.3. The summed E-state index contributed by atoms with van der Waals surface area (Å²) in [6.07, 6.45) is 6.39. The molecule has 2 N–H and O–H groups in total. The van der Waals surface area contributed by atoms with Crippen molar-refractivity contribution >= 4 is 11.6 Å². The molecule has 0 saturated carbocycles. The second kappa shape index (κ2) is 4.75. The van der Waals surface area contributed by atoms with E-state index in [9.17, 15) is 0 Å². The molecule has 4 heteroatoms. The SMILES string of the molecule is NC1CCCCc2c1cnn2-c1ccc(Cl)cc1. The lowest BCUT2D eigenvalue weighted by molar-refractivity contribution is 0.611. The number of fused-ring (bicyclic) bond motifs is 1. The first-order chi connectivity index (χ1) is 8.75. The number of aromatic nitrogens is 2. The van der Waals surface area contributed by atoms with Crippen LogP contribution >= 0.6 is 11.6 Å². The Labute approximate surface area is 112 Å². The summed E-state index contributed by atoms with van der Waals surface area (Å²) < 4.78 is 2.00. The molecule has 1 atom stereocenters. The van der Waals surface area contributed by atoms with Gasteiger partial charge in [-0.05, 0) is 43.5 Å². The summed E-state index contributed by atoms with van der Waals surface area (Å²) in [5.74, 6) is 0. The van der Waals surface area contributed by atoms with Crippen molar-refractivity contribution in [1.29, 1.82) is 0 Å². The third-order valence-corrected chi connectivity index (χ3v) is 3.80. The predicted octanol–water partition coefficient (Wildman–Crippen LogP) is 3.25. The number of hydrogen-bond donors (Lipinski definition) is 1. The number of nitrogens with zero attached hydrogens (tertiary/aromatic N) is 2. The highest BCUT2D eigenvalue weighted by molar-refractivity contribution is 6.30. The Kier molecular flexibility index (Phi) is 3.10. The molecule has 0 aliphatic heterocycles. The van der Waals surface area contributed by atoms with Crippen LogP contribution in [0.15, 0.2) is 30.5 Å². The monoisotopic (exact) mass is 261 g/mol. The van der Waals surface area contributed by atoms with Gasteiger partial charge < -0.3 is 5.73 Å². The summed E-state index contributed by atoms with van der Waals surface area (Å²) in [4.78, 5) is 0. The van der Waals surface area contributed by atoms with Gasteiger partial charge in [0.15, 0.2) is 0 Å². The van der Waals surface area contributed by atoms with Gasteiger partial charge in [0.05, 0.1) is 11.9 Å². The summed E-state index contributed by atoms with van der Waals surface area (Å²) in [6, 6.07) is 7.89. The van der Waals surface area contributed by atoms with Crippen molar-refractivity contribution in [3.8, 4) is 5.69 Å². The van der Waals surface area contributed by atoms with Crippen molar-refractivity contribution < 1.29 is 0 Å². The molecule has 0 fully saturated rings. The van der Waals surface area contributed by atoms with Crippen LogP contribution in [-0.4, -0.2) is 9.78 Å². The molecule has 1 heterocycles. The summed E-state index contributed by atoms with van der Waals surface area (Å²) in [5.41, 5.74) is 9.69. The Morgan fingerprint density at radius 3 is 2.78 bits per heavy atom. The van der Waals surface area contributed by atoms with Gasteiger partial charge in [0.2, 0.25) is 0 Å². The van der Waals surface area contributed by atoms with Crippen LogP contribution < -0.4 is 5.73 Å². The van der Waals surface area contributed by atoms with Gasteiger partial charge >= 0.3 is 0 Å². The van der Waals surface area contributed by atoms with Crippen LogP contribution in [0.25, 0.3) is 5.69 Å². The highest BCUT2D eigenvalue weighted by Crippen LogP contribution is 2.28. The maximum absolute atomic E-state index is 6.19. The van der Waals surface area contributed by atoms with Gasteiger partial charge in [0, 0.05) is 22.3 Å². The summed E-state index contributed by atoms with van der Waals surface area (Å²) in [7, 11) is 0. The quantitative estimate of drug-likeness (QED) is 0.801. The average Bonchev–Trinajstić information content (AvgIpc) is 2.71. The third kappa shape index (κ3) is 2.04. The zero-order valence-corrected chi connectivity index (χ0v) is 10.9. The van der Waals surface area contributed by atoms with E-state index in [1.165, 1.54) is 24.1 Å². The topological polar surface area (TPSA) is 43.8 Å². The van der Waals surface area contributed by atoms with E-state index in [4.69, 9.17) is 17.3 Å². The summed E-state index contributed by atoms with van der Waals surface area (Å²) in [6.45, 7) is 0. The van der Waals surface area contributed by atoms with Crippen molar-refractivity contribution in [2.24, 2.45) is 5.73 Å². The lowest BCUT2D eigenvalue weighted by Crippen LogP contribution is -2.10. The van der Waals surface area contributed by atoms with Crippen molar-refractivity contribution in [3.05, 3.63) is 46.7 Å². The van der Waals surface area contributed by atoms with Crippen molar-refractivity contribution in [2.45, 2.75) is 31.7 Å². The molecule has 3 nitrogen and oxygen atoms in total. The highest BCUT2D eigenvalue weighted by Gasteiger charge is 2.20. The Morgan fingerprint density at radius 1 is 1.22 bits per heavy atom. The van der Waals surface area contributed by atoms with Crippen molar-refractivity contribution in [1.82, 2.24) is 9.78 Å². The van der Waals surface area contributed by atoms with E-state index in [-0.39, 0.29) is 6.04 Å². The first-order valence-corrected chi connectivity index (χ1v) is 6.72. The largest absolute Gasteiger partial charge is 0.324 e. The van der Waals surface area contributed by atoms with E-state index in [0.29, 0.717) is 0 Å². The summed E-state index contributed by atoms with van der Waals surface area (Å²) in [5, 5.41) is 5.23. The molecule has 94 valence electrons. The van der Waals surface area contributed by atoms with Crippen LogP contribution in [0.1, 0.15) is 36.6 Å². The Bertz CT molecular complexity index is 545. The van der Waals surface area contributed by atoms with Gasteiger partial charge in [-0.2, -0.15) is 5.10 Å². The average molecular weight is 262 g/mol. The van der Waals surface area contributed by atoms with Gasteiger partial charge in [-0.3, -0.25) is 0 Å². The highest BCUT2D eigenvalue weighted by atomic mass is 35.5. The molecule has 2 aromatic rings. The van der Waals surface area contributed by atoms with E-state index in [1.54, 1.807) is 0 Å². The standard InChI is InChI=1S/C14H16ClN3/c15-10-5-7-11(8-6-10)18-14-4-2-1-3-13(16)12(14)9-17-18/h5-9,13H,1-4,16H2. The fourth-order valence-electron chi connectivity index (χ4n) is 2.56. The Hall–Kier alpha value is -1.32. The molecule has 1 aliphatic carbocycles. The van der Waals surface area contributed by atoms with Gasteiger partial charge in [0.25, 0.3) is 0 Å². The fourth-order valence-corrected chi connectivity index (χ4v) is 2.69. The minimum absolute atomic E-state index is 0.128. The first kappa shape index (κ1) is 11.8. The molecule has 1 aromatic carbocycles. The molecule has 0 amide bonds. The molecule has 1 unspecified atom stereocenters. The molecule has 0 saturated heterocycles. The maximum Gasteiger partial charge on any atom is 0.0649 e. The molecular weight excluding hydrogens is 246 g/mol. The molecule has 0 spiro atoms. The smallest absolute Gasteiger partial charge is 0.0649 e. The van der Waals surface area contributed by atoms with Crippen LogP contribution in [0.4, 0.5) is 0 Å². The molecule has 3 rings (SSSR count). The van der Waals surface area contributed by atoms with Crippen LogP contribution in [0.3, 0.4) is 0 Å². The lowest BCUT2D eigenvalue weighted by Gasteiger charge is -2.09. The van der Waals surface area contributed by atoms with Crippen molar-refractivity contribution in [3.63, 3.8) is 0 Å². The molecule has 1 aromatic heterocycles. The number of nitrogens with two attached hydrogens (primary N) is 1. The van der Waals surface area contributed by atoms with Crippen LogP contribution in [0.2, 0.25) is 5.02 Å². The minimum atomic E-state index is 0.128. The van der Waals surface area contributed by atoms with Gasteiger partial charge in [-0.25, -0.2) is 4.68 Å². The van der Waals surface area contributed by atoms with Gasteiger partial charge in [-0.1, -0.05) is 18.0 Å². The van der Waals surface area contributed by atoms with Gasteiger partial charge in [-0.15, -0.1) is 0 Å². The van der Waals surface area contributed by atoms with E-state index in [1.807, 2.05) is 35.1 Å². The van der Waals surface area contributed by atoms with E-state index < -0.39 is 0 Å². The number of halogens is 1. The zero-order valence-electron chi connectivity index (χ0n) is 10.1. The maximum atomic E-state index is 6.19. The van der Waals surface area contributed by atoms with E-state index in [2.05, 4.69) is 5.10 Å². The van der Waals surface area contributed by atoms with Crippen molar-refractivity contribution in [2.75, 3.05) is 0 Å². The van der Waals surface area contributed by atoms with Crippen LogP contribution in [-0.2, 0) is 6.42 Å². The second-order valence-electron chi connectivity index (χ2n) is 4.79. The van der Waals surface area contributed by atoms with E-state index >= 15 is 0 Å². The molecule has 0 bridgehead atoms. The fraction of sp³-hybridized carbons (Fsp3) is 0.357. The third-order valence-electron chi connectivity index (χ3n) is 3.55. The number of rotatable bonds is 1. The van der Waals surface area contributed by atoms with Gasteiger partial charge in [0.1, 0.15) is 0 Å². The van der Waals surface area contributed by atoms with E-state index in [0.717, 1.165) is 23.6 Å². The minimum Gasteiger partial charge on any atom is -0.324 e. The molecular formula is C14H16ClN3. The lowest BCUT2D eigenvalue weighted by atomic mass is 10.1. The predicted molar refractivity (Wildman–Crippen MR) is 73.1 cm³/mol. The first-order valence-electron chi connectivity index (χ1n) is 6.34. The molecule has 18 heavy (non-hydrogen) atoms. The second-order valence-corrected chi connectivity index (χ2v) is 5.22. The number of benzene rings is 1. The number of hydrogen-bond acceptors (Lipinski definition) is 2. The Balaban J connectivity index is 2.06. The molecule has 1 aliphatic rings. The van der Waals surface area contributed by atoms with Crippen LogP contribution in [0, 0.1) is 0 Å². The zero-order chi connectivity index (χ0) is 12.5. The van der Waals surface area contributed by atoms with Crippen LogP contribution in [0.5, 0.6) is 0 Å². The Morgan fingerprint density at radius 2 is 2.00 bits per heavy atom.